The maximum absolute atomic E-state index is 13.1. The molecule has 2 aromatic heterocycles. The fraction of sp³-hybridized carbons (Fsp3) is 0.240. The van der Waals surface area contributed by atoms with E-state index < -0.39 is 0 Å². The van der Waals surface area contributed by atoms with Crippen LogP contribution in [0.5, 0.6) is 0 Å². The van der Waals surface area contributed by atoms with Gasteiger partial charge in [-0.15, -0.1) is 10.2 Å². The summed E-state index contributed by atoms with van der Waals surface area (Å²) in [5, 5.41) is 15.0. The number of carbonyl (C=O) groups is 1. The molecular weight excluding hydrogens is 428 g/mol. The molecule has 4 aromatic rings. The molecule has 0 aliphatic rings. The van der Waals surface area contributed by atoms with Gasteiger partial charge in [0.2, 0.25) is 0 Å². The average Bonchev–Trinajstić information content (AvgIpc) is 3.23. The van der Waals surface area contributed by atoms with Crippen molar-refractivity contribution >= 4 is 11.6 Å². The van der Waals surface area contributed by atoms with Crippen LogP contribution in [0, 0.1) is 0 Å². The van der Waals surface area contributed by atoms with Crippen molar-refractivity contribution in [2.75, 3.05) is 26.0 Å². The van der Waals surface area contributed by atoms with Crippen molar-refractivity contribution in [2.24, 2.45) is 7.05 Å². The topological polar surface area (TPSA) is 101 Å². The number of amides is 1. The highest BCUT2D eigenvalue weighted by atomic mass is 16.1. The van der Waals surface area contributed by atoms with Gasteiger partial charge in [0.05, 0.1) is 12.6 Å². The Bertz CT molecular complexity index is 1220. The number of benzene rings is 2. The zero-order valence-electron chi connectivity index (χ0n) is 19.5. The molecule has 2 heterocycles. The van der Waals surface area contributed by atoms with Crippen molar-refractivity contribution in [2.45, 2.75) is 12.6 Å². The molecule has 0 radical (unpaired) electrons. The predicted octanol–water partition coefficient (Wildman–Crippen LogP) is 2.92. The first-order chi connectivity index (χ1) is 16.5. The molecule has 4 rings (SSSR count). The Kier molecular flexibility index (Phi) is 7.24. The SMILES string of the molecule is CN(C)C[C@@H](NC(=O)c1cccc(NCc2nnc(-c3ccncn3)n2C)c1)c1ccccc1. The summed E-state index contributed by atoms with van der Waals surface area (Å²) in [5.41, 5.74) is 3.19. The van der Waals surface area contributed by atoms with Crippen LogP contribution in [0.25, 0.3) is 11.5 Å². The third kappa shape index (κ3) is 5.62. The van der Waals surface area contributed by atoms with Gasteiger partial charge < -0.3 is 20.1 Å². The largest absolute Gasteiger partial charge is 0.378 e. The number of rotatable bonds is 9. The molecule has 2 aromatic carbocycles. The van der Waals surface area contributed by atoms with Crippen LogP contribution in [0.15, 0.2) is 73.2 Å². The maximum atomic E-state index is 13.1. The lowest BCUT2D eigenvalue weighted by Crippen LogP contribution is -2.35. The van der Waals surface area contributed by atoms with Crippen molar-refractivity contribution in [3.63, 3.8) is 0 Å². The third-order valence-electron chi connectivity index (χ3n) is 5.41. The minimum absolute atomic E-state index is 0.112. The smallest absolute Gasteiger partial charge is 0.251 e. The van der Waals surface area contributed by atoms with Gasteiger partial charge in [0, 0.05) is 31.0 Å². The maximum Gasteiger partial charge on any atom is 0.251 e. The molecule has 0 unspecified atom stereocenters. The Labute approximate surface area is 198 Å². The van der Waals surface area contributed by atoms with E-state index in [9.17, 15) is 4.79 Å². The minimum Gasteiger partial charge on any atom is -0.378 e. The molecule has 1 amide bonds. The molecule has 1 atom stereocenters. The number of hydrogen-bond donors (Lipinski definition) is 2. The monoisotopic (exact) mass is 456 g/mol. The van der Waals surface area contributed by atoms with Crippen LogP contribution in [-0.4, -0.2) is 56.2 Å². The van der Waals surface area contributed by atoms with Crippen LogP contribution in [0.2, 0.25) is 0 Å². The molecule has 9 nitrogen and oxygen atoms in total. The van der Waals surface area contributed by atoms with E-state index in [4.69, 9.17) is 0 Å². The lowest BCUT2D eigenvalue weighted by molar-refractivity contribution is 0.0930. The van der Waals surface area contributed by atoms with E-state index in [1.54, 1.807) is 12.3 Å². The van der Waals surface area contributed by atoms with Gasteiger partial charge in [-0.2, -0.15) is 0 Å². The number of nitrogens with one attached hydrogen (secondary N) is 2. The van der Waals surface area contributed by atoms with Gasteiger partial charge >= 0.3 is 0 Å². The lowest BCUT2D eigenvalue weighted by atomic mass is 10.1. The van der Waals surface area contributed by atoms with E-state index in [2.05, 4.69) is 35.7 Å². The van der Waals surface area contributed by atoms with E-state index in [1.165, 1.54) is 6.33 Å². The number of hydrogen-bond acceptors (Lipinski definition) is 7. The van der Waals surface area contributed by atoms with E-state index in [0.717, 1.165) is 17.1 Å². The van der Waals surface area contributed by atoms with Gasteiger partial charge in [-0.3, -0.25) is 4.79 Å². The quantitative estimate of drug-likeness (QED) is 0.399. The molecule has 0 spiro atoms. The van der Waals surface area contributed by atoms with Gasteiger partial charge in [0.15, 0.2) is 11.6 Å². The summed E-state index contributed by atoms with van der Waals surface area (Å²) in [7, 11) is 5.89. The molecule has 0 saturated carbocycles. The summed E-state index contributed by atoms with van der Waals surface area (Å²) in [6, 6.07) is 19.1. The first-order valence-corrected chi connectivity index (χ1v) is 11.0. The van der Waals surface area contributed by atoms with E-state index in [1.807, 2.05) is 80.3 Å². The summed E-state index contributed by atoms with van der Waals surface area (Å²) in [6.07, 6.45) is 3.16. The van der Waals surface area contributed by atoms with Crippen LogP contribution < -0.4 is 10.6 Å². The zero-order chi connectivity index (χ0) is 23.9. The predicted molar refractivity (Wildman–Crippen MR) is 131 cm³/mol. The number of nitrogens with zero attached hydrogens (tertiary/aromatic N) is 6. The Balaban J connectivity index is 1.44. The van der Waals surface area contributed by atoms with Crippen LogP contribution in [0.4, 0.5) is 5.69 Å². The van der Waals surface area contributed by atoms with Crippen molar-refractivity contribution in [3.8, 4) is 11.5 Å². The van der Waals surface area contributed by atoms with Crippen LogP contribution >= 0.6 is 0 Å². The fourth-order valence-corrected chi connectivity index (χ4v) is 3.64. The summed E-state index contributed by atoms with van der Waals surface area (Å²) in [4.78, 5) is 23.3. The zero-order valence-corrected chi connectivity index (χ0v) is 19.5. The average molecular weight is 457 g/mol. The summed E-state index contributed by atoms with van der Waals surface area (Å²) < 4.78 is 1.89. The van der Waals surface area contributed by atoms with Crippen LogP contribution in [-0.2, 0) is 13.6 Å². The van der Waals surface area contributed by atoms with Crippen LogP contribution in [0.1, 0.15) is 27.8 Å². The Morgan fingerprint density at radius 2 is 1.88 bits per heavy atom. The van der Waals surface area contributed by atoms with Crippen molar-refractivity contribution < 1.29 is 4.79 Å². The normalized spacial score (nSPS) is 11.9. The molecule has 174 valence electrons. The molecular formula is C25H28N8O. The van der Waals surface area contributed by atoms with Crippen molar-refractivity contribution in [1.82, 2.24) is 34.9 Å². The van der Waals surface area contributed by atoms with Crippen molar-refractivity contribution in [1.29, 1.82) is 0 Å². The molecule has 0 saturated heterocycles. The molecule has 2 N–H and O–H groups in total. The Morgan fingerprint density at radius 1 is 1.06 bits per heavy atom. The summed E-state index contributed by atoms with van der Waals surface area (Å²) in [5.74, 6) is 1.29. The summed E-state index contributed by atoms with van der Waals surface area (Å²) in [6.45, 7) is 1.15. The second kappa shape index (κ2) is 10.7. The fourth-order valence-electron chi connectivity index (χ4n) is 3.64. The minimum atomic E-state index is -0.121. The Hall–Kier alpha value is -4.11. The molecule has 0 aliphatic carbocycles. The second-order valence-electron chi connectivity index (χ2n) is 8.23. The molecule has 34 heavy (non-hydrogen) atoms. The molecule has 0 bridgehead atoms. The summed E-state index contributed by atoms with van der Waals surface area (Å²) >= 11 is 0. The molecule has 0 aliphatic heterocycles. The second-order valence-corrected chi connectivity index (χ2v) is 8.23. The first-order valence-electron chi connectivity index (χ1n) is 11.0. The lowest BCUT2D eigenvalue weighted by Gasteiger charge is -2.23. The molecule has 0 fully saturated rings. The van der Waals surface area contributed by atoms with Gasteiger partial charge in [-0.1, -0.05) is 36.4 Å². The van der Waals surface area contributed by atoms with Gasteiger partial charge in [0.1, 0.15) is 12.0 Å². The third-order valence-corrected chi connectivity index (χ3v) is 5.41. The van der Waals surface area contributed by atoms with Crippen molar-refractivity contribution in [3.05, 3.63) is 90.1 Å². The van der Waals surface area contributed by atoms with Gasteiger partial charge in [0.25, 0.3) is 5.91 Å². The van der Waals surface area contributed by atoms with E-state index in [0.29, 0.717) is 30.2 Å². The van der Waals surface area contributed by atoms with Crippen LogP contribution in [0.3, 0.4) is 0 Å². The highest BCUT2D eigenvalue weighted by Crippen LogP contribution is 2.18. The standard InChI is InChI=1S/C25H28N8O/c1-32(2)16-22(18-8-5-4-6-9-18)29-25(34)19-10-7-11-20(14-19)27-15-23-30-31-24(33(23)3)21-12-13-26-17-28-21/h4-14,17,22,27H,15-16H2,1-3H3,(H,29,34)/t22-/m1/s1. The van der Waals surface area contributed by atoms with E-state index in [-0.39, 0.29) is 11.9 Å². The highest BCUT2D eigenvalue weighted by Gasteiger charge is 2.17. The number of carbonyl (C=O) groups excluding carboxylic acids is 1. The van der Waals surface area contributed by atoms with Gasteiger partial charge in [-0.05, 0) is 43.9 Å². The number of anilines is 1. The van der Waals surface area contributed by atoms with E-state index >= 15 is 0 Å². The highest BCUT2D eigenvalue weighted by molar-refractivity contribution is 5.95. The first kappa shape index (κ1) is 23.1. The number of likely N-dealkylation sites (N-methyl/N-ethyl adjacent to an activating group) is 1. The van der Waals surface area contributed by atoms with Gasteiger partial charge in [-0.25, -0.2) is 9.97 Å². The Morgan fingerprint density at radius 3 is 2.62 bits per heavy atom. The molecule has 9 heteroatoms. The number of aromatic nitrogens is 5.